The SMILES string of the molecule is O=C(Nc1ccc(F)c(Cl)c1)c1c(F)ccc(S(=O)(=O)NC2CCOC2)c1F. The topological polar surface area (TPSA) is 84.5 Å². The number of hydrogen-bond donors (Lipinski definition) is 2. The summed E-state index contributed by atoms with van der Waals surface area (Å²) < 4.78 is 74.2. The molecule has 1 heterocycles. The monoisotopic (exact) mass is 434 g/mol. The number of ether oxygens (including phenoxy) is 1. The first-order chi connectivity index (χ1) is 13.2. The summed E-state index contributed by atoms with van der Waals surface area (Å²) in [6.45, 7) is 0.480. The largest absolute Gasteiger partial charge is 0.380 e. The molecule has 1 amide bonds. The van der Waals surface area contributed by atoms with Crippen LogP contribution in [0.5, 0.6) is 0 Å². The van der Waals surface area contributed by atoms with Gasteiger partial charge in [-0.1, -0.05) is 11.6 Å². The molecule has 2 aromatic rings. The molecule has 1 aliphatic rings. The van der Waals surface area contributed by atoms with Crippen LogP contribution in [0.4, 0.5) is 18.9 Å². The minimum absolute atomic E-state index is 0.0234. The van der Waals surface area contributed by atoms with E-state index < -0.39 is 49.9 Å². The number of sulfonamides is 1. The maximum Gasteiger partial charge on any atom is 0.261 e. The van der Waals surface area contributed by atoms with E-state index in [4.69, 9.17) is 16.3 Å². The Morgan fingerprint density at radius 2 is 1.86 bits per heavy atom. The Labute approximate surface area is 163 Å². The second-order valence-electron chi connectivity index (χ2n) is 6.00. The molecule has 0 spiro atoms. The number of nitrogens with one attached hydrogen (secondary N) is 2. The fourth-order valence-corrected chi connectivity index (χ4v) is 4.14. The van der Waals surface area contributed by atoms with Crippen LogP contribution in [0.25, 0.3) is 0 Å². The quantitative estimate of drug-likeness (QED) is 0.757. The second kappa shape index (κ2) is 8.08. The van der Waals surface area contributed by atoms with Gasteiger partial charge in [-0.2, -0.15) is 0 Å². The Morgan fingerprint density at radius 1 is 1.14 bits per heavy atom. The standard InChI is InChI=1S/C17H14ClF3N2O4S/c18-11-7-9(1-2-12(11)19)22-17(24)15-13(20)3-4-14(16(15)21)28(25,26)23-10-5-6-27-8-10/h1-4,7,10,23H,5-6,8H2,(H,22,24). The minimum atomic E-state index is -4.35. The van der Waals surface area contributed by atoms with Crippen molar-refractivity contribution in [2.24, 2.45) is 0 Å². The molecule has 150 valence electrons. The van der Waals surface area contributed by atoms with E-state index in [9.17, 15) is 26.4 Å². The molecule has 2 aromatic carbocycles. The second-order valence-corrected chi connectivity index (χ2v) is 8.09. The van der Waals surface area contributed by atoms with Gasteiger partial charge in [0, 0.05) is 18.3 Å². The lowest BCUT2D eigenvalue weighted by Gasteiger charge is -2.14. The van der Waals surface area contributed by atoms with Gasteiger partial charge in [-0.15, -0.1) is 0 Å². The number of amides is 1. The number of carbonyl (C=O) groups is 1. The van der Waals surface area contributed by atoms with Gasteiger partial charge in [0.15, 0.2) is 5.82 Å². The van der Waals surface area contributed by atoms with E-state index in [1.165, 1.54) is 0 Å². The molecule has 0 aliphatic carbocycles. The molecular formula is C17H14ClF3N2O4S. The fraction of sp³-hybridized carbons (Fsp3) is 0.235. The highest BCUT2D eigenvalue weighted by Crippen LogP contribution is 2.24. The van der Waals surface area contributed by atoms with E-state index in [2.05, 4.69) is 10.0 Å². The number of benzene rings is 2. The van der Waals surface area contributed by atoms with Gasteiger partial charge >= 0.3 is 0 Å². The lowest BCUT2D eigenvalue weighted by molar-refractivity contribution is 0.101. The van der Waals surface area contributed by atoms with E-state index >= 15 is 0 Å². The summed E-state index contributed by atoms with van der Waals surface area (Å²) >= 11 is 5.60. The van der Waals surface area contributed by atoms with Crippen molar-refractivity contribution in [2.75, 3.05) is 18.5 Å². The average molecular weight is 435 g/mol. The van der Waals surface area contributed by atoms with Crippen LogP contribution in [0.15, 0.2) is 35.2 Å². The summed E-state index contributed by atoms with van der Waals surface area (Å²) in [7, 11) is -4.35. The third-order valence-electron chi connectivity index (χ3n) is 4.00. The zero-order valence-corrected chi connectivity index (χ0v) is 15.7. The zero-order chi connectivity index (χ0) is 20.5. The van der Waals surface area contributed by atoms with E-state index in [0.717, 1.165) is 24.3 Å². The minimum Gasteiger partial charge on any atom is -0.380 e. The molecule has 1 fully saturated rings. The van der Waals surface area contributed by atoms with E-state index in [1.54, 1.807) is 0 Å². The first-order valence-electron chi connectivity index (χ1n) is 8.03. The van der Waals surface area contributed by atoms with Crippen LogP contribution in [0.3, 0.4) is 0 Å². The van der Waals surface area contributed by atoms with Crippen molar-refractivity contribution in [3.63, 3.8) is 0 Å². The maximum absolute atomic E-state index is 14.8. The molecule has 0 bridgehead atoms. The summed E-state index contributed by atoms with van der Waals surface area (Å²) in [5.74, 6) is -4.80. The van der Waals surface area contributed by atoms with Crippen LogP contribution in [0.2, 0.25) is 5.02 Å². The van der Waals surface area contributed by atoms with Crippen molar-refractivity contribution >= 4 is 33.2 Å². The van der Waals surface area contributed by atoms with Crippen molar-refractivity contribution in [3.05, 3.63) is 58.4 Å². The third kappa shape index (κ3) is 4.30. The zero-order valence-electron chi connectivity index (χ0n) is 14.1. The Balaban J connectivity index is 1.91. The molecule has 0 aromatic heterocycles. The molecule has 0 radical (unpaired) electrons. The molecule has 0 saturated carbocycles. The highest BCUT2D eigenvalue weighted by Gasteiger charge is 2.30. The van der Waals surface area contributed by atoms with Crippen LogP contribution in [0, 0.1) is 17.5 Å². The van der Waals surface area contributed by atoms with Crippen LogP contribution < -0.4 is 10.0 Å². The Hall–Kier alpha value is -2.14. The first kappa shape index (κ1) is 20.6. The van der Waals surface area contributed by atoms with Crippen LogP contribution in [-0.4, -0.2) is 33.6 Å². The number of anilines is 1. The normalized spacial score (nSPS) is 16.9. The Morgan fingerprint density at radius 3 is 2.50 bits per heavy atom. The lowest BCUT2D eigenvalue weighted by atomic mass is 10.1. The van der Waals surface area contributed by atoms with Crippen LogP contribution in [0.1, 0.15) is 16.8 Å². The molecule has 1 atom stereocenters. The molecule has 6 nitrogen and oxygen atoms in total. The maximum atomic E-state index is 14.8. The summed E-state index contributed by atoms with van der Waals surface area (Å²) in [4.78, 5) is 11.4. The highest BCUT2D eigenvalue weighted by molar-refractivity contribution is 7.89. The van der Waals surface area contributed by atoms with Gasteiger partial charge in [0.05, 0.1) is 11.6 Å². The predicted octanol–water partition coefficient (Wildman–Crippen LogP) is 3.08. The van der Waals surface area contributed by atoms with E-state index in [1.807, 2.05) is 0 Å². The highest BCUT2D eigenvalue weighted by atomic mass is 35.5. The lowest BCUT2D eigenvalue weighted by Crippen LogP contribution is -2.35. The van der Waals surface area contributed by atoms with E-state index in [0.29, 0.717) is 19.1 Å². The Bertz CT molecular complexity index is 1030. The van der Waals surface area contributed by atoms with Gasteiger partial charge in [-0.3, -0.25) is 4.79 Å². The summed E-state index contributed by atoms with van der Waals surface area (Å²) in [6, 6.07) is 4.00. The molecule has 28 heavy (non-hydrogen) atoms. The molecule has 1 aliphatic heterocycles. The van der Waals surface area contributed by atoms with Crippen LogP contribution in [-0.2, 0) is 14.8 Å². The molecule has 2 N–H and O–H groups in total. The first-order valence-corrected chi connectivity index (χ1v) is 9.89. The van der Waals surface area contributed by atoms with Gasteiger partial charge < -0.3 is 10.1 Å². The molecular weight excluding hydrogens is 421 g/mol. The van der Waals surface area contributed by atoms with Gasteiger partial charge in [0.2, 0.25) is 10.0 Å². The molecule has 1 unspecified atom stereocenters. The molecule has 11 heteroatoms. The van der Waals surface area contributed by atoms with Crippen molar-refractivity contribution in [1.29, 1.82) is 0 Å². The predicted molar refractivity (Wildman–Crippen MR) is 95.3 cm³/mol. The average Bonchev–Trinajstić information content (AvgIpc) is 3.10. The molecule has 3 rings (SSSR count). The van der Waals surface area contributed by atoms with E-state index in [-0.39, 0.29) is 17.3 Å². The number of halogens is 4. The van der Waals surface area contributed by atoms with Crippen LogP contribution >= 0.6 is 11.6 Å². The number of rotatable bonds is 5. The smallest absolute Gasteiger partial charge is 0.261 e. The summed E-state index contributed by atoms with van der Waals surface area (Å²) in [6.07, 6.45) is 0.403. The van der Waals surface area contributed by atoms with Crippen molar-refractivity contribution in [1.82, 2.24) is 4.72 Å². The van der Waals surface area contributed by atoms with Gasteiger partial charge in [0.25, 0.3) is 5.91 Å². The third-order valence-corrected chi connectivity index (χ3v) is 5.83. The number of hydrogen-bond acceptors (Lipinski definition) is 4. The fourth-order valence-electron chi connectivity index (χ4n) is 2.63. The summed E-state index contributed by atoms with van der Waals surface area (Å²) in [5, 5.41) is 1.85. The van der Waals surface area contributed by atoms with Crippen molar-refractivity contribution in [3.8, 4) is 0 Å². The van der Waals surface area contributed by atoms with Crippen molar-refractivity contribution in [2.45, 2.75) is 17.4 Å². The molecule has 1 saturated heterocycles. The van der Waals surface area contributed by atoms with Gasteiger partial charge in [-0.25, -0.2) is 26.3 Å². The van der Waals surface area contributed by atoms with Gasteiger partial charge in [0.1, 0.15) is 22.1 Å². The Kier molecular flexibility index (Phi) is 5.94. The van der Waals surface area contributed by atoms with Crippen molar-refractivity contribution < 1.29 is 31.1 Å². The number of carbonyl (C=O) groups excluding carboxylic acids is 1. The summed E-state index contributed by atoms with van der Waals surface area (Å²) in [5.41, 5.74) is -1.12. The van der Waals surface area contributed by atoms with Gasteiger partial charge in [-0.05, 0) is 36.8 Å².